The van der Waals surface area contributed by atoms with Crippen molar-refractivity contribution in [3.63, 3.8) is 0 Å². The van der Waals surface area contributed by atoms with E-state index in [0.717, 1.165) is 22.0 Å². The molecule has 3 heteroatoms. The molecule has 0 radical (unpaired) electrons. The number of rotatable bonds is 2. The molecule has 1 aromatic heterocycles. The Kier molecular flexibility index (Phi) is 4.99. The van der Waals surface area contributed by atoms with Gasteiger partial charge in [-0.3, -0.25) is 4.79 Å². The lowest BCUT2D eigenvalue weighted by Gasteiger charge is -2.07. The summed E-state index contributed by atoms with van der Waals surface area (Å²) >= 11 is 0. The zero-order valence-electron chi connectivity index (χ0n) is 13.4. The summed E-state index contributed by atoms with van der Waals surface area (Å²) in [5.74, 6) is -0.0683. The number of hydrogen-bond donors (Lipinski definition) is 0. The Morgan fingerprint density at radius 1 is 0.909 bits per heavy atom. The van der Waals surface area contributed by atoms with Crippen molar-refractivity contribution in [2.75, 3.05) is 0 Å². The van der Waals surface area contributed by atoms with Crippen molar-refractivity contribution in [3.8, 4) is 0 Å². The molecule has 3 nitrogen and oxygen atoms in total. The summed E-state index contributed by atoms with van der Waals surface area (Å²) in [5.41, 5.74) is 4.21. The van der Waals surface area contributed by atoms with Crippen molar-refractivity contribution in [3.05, 3.63) is 71.2 Å². The predicted molar refractivity (Wildman–Crippen MR) is 90.2 cm³/mol. The fraction of sp³-hybridized carbons (Fsp3) is 0.211. The van der Waals surface area contributed by atoms with E-state index in [1.54, 1.807) is 12.1 Å². The van der Waals surface area contributed by atoms with Crippen LogP contribution in [0.4, 0.5) is 0 Å². The number of carbonyl (C=O) groups is 1. The Bertz CT molecular complexity index is 795. The van der Waals surface area contributed by atoms with E-state index in [4.69, 9.17) is 0 Å². The Hall–Kier alpha value is -2.55. The van der Waals surface area contributed by atoms with Gasteiger partial charge in [-0.1, -0.05) is 44.2 Å². The van der Waals surface area contributed by atoms with Gasteiger partial charge >= 0.3 is 0 Å². The van der Waals surface area contributed by atoms with Gasteiger partial charge in [-0.25, -0.2) is 9.97 Å². The van der Waals surface area contributed by atoms with Gasteiger partial charge in [0.05, 0.1) is 5.52 Å². The Morgan fingerprint density at radius 3 is 2.23 bits per heavy atom. The average Bonchev–Trinajstić information content (AvgIpc) is 2.57. The molecule has 1 heterocycles. The van der Waals surface area contributed by atoms with Gasteiger partial charge in [-0.15, -0.1) is 0 Å². The molecule has 0 saturated carbocycles. The first-order valence-corrected chi connectivity index (χ1v) is 7.48. The summed E-state index contributed by atoms with van der Waals surface area (Å²) < 4.78 is 0. The van der Waals surface area contributed by atoms with Crippen LogP contribution in [0, 0.1) is 13.8 Å². The normalized spacial score (nSPS) is 10.0. The minimum absolute atomic E-state index is 0.0683. The number of nitrogens with zero attached hydrogens (tertiary/aromatic N) is 2. The molecule has 0 bridgehead atoms. The summed E-state index contributed by atoms with van der Waals surface area (Å²) in [6.45, 7) is 8.06. The highest BCUT2D eigenvalue weighted by atomic mass is 16.1. The molecule has 0 amide bonds. The monoisotopic (exact) mass is 292 g/mol. The first-order chi connectivity index (χ1) is 10.7. The highest BCUT2D eigenvalue weighted by molar-refractivity contribution is 6.14. The third-order valence-corrected chi connectivity index (χ3v) is 3.50. The lowest BCUT2D eigenvalue weighted by Crippen LogP contribution is -2.06. The smallest absolute Gasteiger partial charge is 0.212 e. The largest absolute Gasteiger partial charge is 0.287 e. The van der Waals surface area contributed by atoms with Gasteiger partial charge in [-0.05, 0) is 37.1 Å². The zero-order valence-corrected chi connectivity index (χ0v) is 13.4. The van der Waals surface area contributed by atoms with Crippen LogP contribution >= 0.6 is 0 Å². The predicted octanol–water partition coefficient (Wildman–Crippen LogP) is 4.50. The fourth-order valence-corrected chi connectivity index (χ4v) is 2.22. The summed E-state index contributed by atoms with van der Waals surface area (Å²) in [4.78, 5) is 21.0. The van der Waals surface area contributed by atoms with Crippen molar-refractivity contribution in [2.45, 2.75) is 27.7 Å². The number of aryl methyl sites for hydroxylation is 2. The van der Waals surface area contributed by atoms with Gasteiger partial charge < -0.3 is 0 Å². The second kappa shape index (κ2) is 6.94. The van der Waals surface area contributed by atoms with Crippen LogP contribution in [0.25, 0.3) is 10.9 Å². The molecule has 0 aliphatic carbocycles. The quantitative estimate of drug-likeness (QED) is 0.653. The molecule has 3 aromatic rings. The first kappa shape index (κ1) is 15.8. The van der Waals surface area contributed by atoms with Crippen molar-refractivity contribution in [1.82, 2.24) is 9.97 Å². The van der Waals surface area contributed by atoms with Crippen LogP contribution in [0.5, 0.6) is 0 Å². The minimum Gasteiger partial charge on any atom is -0.287 e. The molecule has 0 unspecified atom stereocenters. The van der Waals surface area contributed by atoms with E-state index in [9.17, 15) is 4.79 Å². The average molecular weight is 292 g/mol. The first-order valence-electron chi connectivity index (χ1n) is 7.48. The van der Waals surface area contributed by atoms with Crippen LogP contribution < -0.4 is 0 Å². The number of carbonyl (C=O) groups excluding carboxylic acids is 1. The maximum Gasteiger partial charge on any atom is 0.212 e. The van der Waals surface area contributed by atoms with Crippen LogP contribution in [0.1, 0.15) is 41.0 Å². The lowest BCUT2D eigenvalue weighted by atomic mass is 10.0. The molecule has 112 valence electrons. The third-order valence-electron chi connectivity index (χ3n) is 3.50. The zero-order chi connectivity index (χ0) is 16.1. The van der Waals surface area contributed by atoms with E-state index >= 15 is 0 Å². The summed E-state index contributed by atoms with van der Waals surface area (Å²) in [6.07, 6.45) is 1.45. The van der Waals surface area contributed by atoms with Crippen LogP contribution in [-0.2, 0) is 0 Å². The molecule has 0 atom stereocenters. The Morgan fingerprint density at radius 2 is 1.55 bits per heavy atom. The number of hydrogen-bond acceptors (Lipinski definition) is 3. The van der Waals surface area contributed by atoms with Crippen molar-refractivity contribution >= 4 is 16.7 Å². The summed E-state index contributed by atoms with van der Waals surface area (Å²) in [6, 6.07) is 13.2. The van der Waals surface area contributed by atoms with Crippen LogP contribution in [0.3, 0.4) is 0 Å². The molecular formula is C19H20N2O. The number of fused-ring (bicyclic) bond motifs is 1. The second-order valence-electron chi connectivity index (χ2n) is 4.87. The lowest BCUT2D eigenvalue weighted by molar-refractivity contribution is 0.103. The van der Waals surface area contributed by atoms with Crippen molar-refractivity contribution in [1.29, 1.82) is 0 Å². The van der Waals surface area contributed by atoms with Crippen molar-refractivity contribution in [2.24, 2.45) is 0 Å². The van der Waals surface area contributed by atoms with E-state index in [1.807, 2.05) is 58.0 Å². The van der Waals surface area contributed by atoms with Crippen LogP contribution in [0.15, 0.2) is 48.8 Å². The molecule has 0 N–H and O–H groups in total. The van der Waals surface area contributed by atoms with Gasteiger partial charge in [0.2, 0.25) is 5.78 Å². The van der Waals surface area contributed by atoms with E-state index in [0.29, 0.717) is 11.3 Å². The van der Waals surface area contributed by atoms with Gasteiger partial charge in [0.1, 0.15) is 12.0 Å². The van der Waals surface area contributed by atoms with Gasteiger partial charge in [0.15, 0.2) is 0 Å². The fourth-order valence-electron chi connectivity index (χ4n) is 2.22. The number of ketones is 1. The molecule has 0 aliphatic rings. The Balaban J connectivity index is 0.000000847. The summed E-state index contributed by atoms with van der Waals surface area (Å²) in [5, 5.41) is 0.810. The van der Waals surface area contributed by atoms with Gasteiger partial charge in [-0.2, -0.15) is 0 Å². The molecule has 0 saturated heterocycles. The molecule has 2 aromatic carbocycles. The van der Waals surface area contributed by atoms with Gasteiger partial charge in [0.25, 0.3) is 0 Å². The molecule has 0 spiro atoms. The molecular weight excluding hydrogens is 272 g/mol. The van der Waals surface area contributed by atoms with Gasteiger partial charge in [0, 0.05) is 10.9 Å². The number of aromatic nitrogens is 2. The van der Waals surface area contributed by atoms with E-state index < -0.39 is 0 Å². The molecule has 0 aliphatic heterocycles. The summed E-state index contributed by atoms with van der Waals surface area (Å²) in [7, 11) is 0. The Labute approximate surface area is 131 Å². The number of benzene rings is 2. The topological polar surface area (TPSA) is 42.9 Å². The van der Waals surface area contributed by atoms with E-state index in [-0.39, 0.29) is 5.78 Å². The van der Waals surface area contributed by atoms with Crippen LogP contribution in [0.2, 0.25) is 0 Å². The molecule has 22 heavy (non-hydrogen) atoms. The highest BCUT2D eigenvalue weighted by Crippen LogP contribution is 2.21. The van der Waals surface area contributed by atoms with Crippen LogP contribution in [-0.4, -0.2) is 15.8 Å². The molecule has 3 rings (SSSR count). The van der Waals surface area contributed by atoms with E-state index in [2.05, 4.69) is 9.97 Å². The van der Waals surface area contributed by atoms with E-state index in [1.165, 1.54) is 6.33 Å². The standard InChI is InChI=1S/C17H14N2O.C2H6/c1-11-8-14-15(9-12(11)2)18-10-19-16(14)17(20)13-6-4-3-5-7-13;1-2/h3-10H,1-2H3;1-2H3. The second-order valence-corrected chi connectivity index (χ2v) is 4.87. The highest BCUT2D eigenvalue weighted by Gasteiger charge is 2.15. The maximum atomic E-state index is 12.6. The van der Waals surface area contributed by atoms with Crippen molar-refractivity contribution < 1.29 is 4.79 Å². The third kappa shape index (κ3) is 3.03. The minimum atomic E-state index is -0.0683. The SMILES string of the molecule is CC.Cc1cc2ncnc(C(=O)c3ccccc3)c2cc1C. The maximum absolute atomic E-state index is 12.6. The molecule has 0 fully saturated rings.